The molecule has 0 unspecified atom stereocenters. The van der Waals surface area contributed by atoms with E-state index in [-0.39, 0.29) is 23.3 Å². The molecular weight excluding hydrogens is 642 g/mol. The Hall–Kier alpha value is -3.95. The second-order valence-electron chi connectivity index (χ2n) is 11.0. The van der Waals surface area contributed by atoms with Crippen LogP contribution in [0.1, 0.15) is 11.1 Å². The summed E-state index contributed by atoms with van der Waals surface area (Å²) in [5.41, 5.74) is 2.08. The quantitative estimate of drug-likeness (QED) is 0.130. The van der Waals surface area contributed by atoms with Crippen molar-refractivity contribution >= 4 is 59.4 Å². The van der Waals surface area contributed by atoms with Crippen LogP contribution < -0.4 is 36.6 Å². The Bertz CT molecular complexity index is 1810. The Morgan fingerprint density at radius 2 is 0.717 bits per heavy atom. The zero-order chi connectivity index (χ0) is 31.9. The first-order valence-corrected chi connectivity index (χ1v) is 18.0. The second kappa shape index (κ2) is 12.7. The van der Waals surface area contributed by atoms with Crippen LogP contribution in [0.3, 0.4) is 0 Å². The molecule has 1 nitrogen and oxygen atoms in total. The first-order valence-electron chi connectivity index (χ1n) is 14.5. The molecule has 1 heterocycles. The van der Waals surface area contributed by atoms with Gasteiger partial charge in [0.05, 0.1) is 9.79 Å². The van der Waals surface area contributed by atoms with Gasteiger partial charge in [0.25, 0.3) is 0 Å². The molecule has 0 aliphatic carbocycles. The number of benzene rings is 6. The number of rotatable bonds is 6. The number of hydrogen-bond donors (Lipinski definition) is 0. The van der Waals surface area contributed by atoms with E-state index in [4.69, 9.17) is 4.74 Å². The molecule has 0 aromatic heterocycles. The molecule has 0 saturated heterocycles. The third-order valence-electron chi connectivity index (χ3n) is 7.60. The van der Waals surface area contributed by atoms with E-state index in [2.05, 4.69) is 24.3 Å². The van der Waals surface area contributed by atoms with Gasteiger partial charge in [-0.15, -0.1) is 0 Å². The number of ether oxygens (including phenoxy) is 1. The van der Waals surface area contributed by atoms with Crippen molar-refractivity contribution in [1.29, 1.82) is 0 Å². The van der Waals surface area contributed by atoms with Crippen LogP contribution in [0.15, 0.2) is 131 Å². The fourth-order valence-corrected chi connectivity index (χ4v) is 11.8. The van der Waals surface area contributed by atoms with Crippen LogP contribution in [0.2, 0.25) is 0 Å². The van der Waals surface area contributed by atoms with Gasteiger partial charge >= 0.3 is 0 Å². The van der Waals surface area contributed by atoms with E-state index in [1.807, 2.05) is 13.8 Å². The highest BCUT2D eigenvalue weighted by atomic mass is 32.2. The highest BCUT2D eigenvalue weighted by molar-refractivity contribution is 7.99. The molecular formula is C38H26F4OP2S. The summed E-state index contributed by atoms with van der Waals surface area (Å²) in [5, 5.41) is 5.47. The summed E-state index contributed by atoms with van der Waals surface area (Å²) in [6.07, 6.45) is 0. The predicted molar refractivity (Wildman–Crippen MR) is 184 cm³/mol. The first kappa shape index (κ1) is 30.7. The smallest absolute Gasteiger partial charge is 0.149 e. The molecule has 7 rings (SSSR count). The maximum Gasteiger partial charge on any atom is 0.149 e. The fraction of sp³-hybridized carbons (Fsp3) is 0.0526. The van der Waals surface area contributed by atoms with Crippen molar-refractivity contribution in [3.8, 4) is 11.5 Å². The van der Waals surface area contributed by atoms with Crippen LogP contribution in [-0.2, 0) is 0 Å². The topological polar surface area (TPSA) is 9.23 Å². The minimum atomic E-state index is -1.27. The summed E-state index contributed by atoms with van der Waals surface area (Å²) in [7, 11) is -2.53. The van der Waals surface area contributed by atoms with Gasteiger partial charge in [0.15, 0.2) is 0 Å². The highest BCUT2D eigenvalue weighted by Crippen LogP contribution is 2.52. The van der Waals surface area contributed by atoms with Crippen molar-refractivity contribution in [3.63, 3.8) is 0 Å². The van der Waals surface area contributed by atoms with E-state index in [1.165, 1.54) is 48.5 Å². The standard InChI is InChI=1S/C38H26F4OP2S/c1-23-19-33(44(29-11-3-25(39)4-12-29)30-13-5-26(40)6-14-30)37-35(21-23)46-36-22-24(2)20-34(38(36)43-37)45(31-15-7-27(41)8-16-31)32-17-9-28(42)10-18-32/h3-22H,1-2H3. The molecule has 8 heteroatoms. The average Bonchev–Trinajstić information content (AvgIpc) is 3.04. The molecule has 46 heavy (non-hydrogen) atoms. The molecule has 6 aromatic carbocycles. The zero-order valence-corrected chi connectivity index (χ0v) is 27.4. The van der Waals surface area contributed by atoms with E-state index in [1.54, 1.807) is 60.3 Å². The zero-order valence-electron chi connectivity index (χ0n) is 24.8. The summed E-state index contributed by atoms with van der Waals surface area (Å²) >= 11 is 1.62. The maximum atomic E-state index is 14.1. The van der Waals surface area contributed by atoms with Gasteiger partial charge in [0, 0.05) is 10.6 Å². The third kappa shape index (κ3) is 6.10. The van der Waals surface area contributed by atoms with Crippen molar-refractivity contribution in [2.24, 2.45) is 0 Å². The SMILES string of the molecule is Cc1cc2c(c(P(c3ccc(F)cc3)c3ccc(F)cc3)c1)Oc1c(cc(C)cc1P(c1ccc(F)cc1)c1ccc(F)cc1)S2. The van der Waals surface area contributed by atoms with Crippen LogP contribution in [0.4, 0.5) is 17.6 Å². The number of halogens is 4. The maximum absolute atomic E-state index is 14.1. The molecule has 0 amide bonds. The lowest BCUT2D eigenvalue weighted by Gasteiger charge is -2.30. The molecule has 228 valence electrons. The van der Waals surface area contributed by atoms with Crippen LogP contribution in [0, 0.1) is 37.1 Å². The van der Waals surface area contributed by atoms with E-state index in [9.17, 15) is 17.6 Å². The summed E-state index contributed by atoms with van der Waals surface area (Å²) in [5.74, 6) is 0.0568. The minimum absolute atomic E-state index is 0.334. The first-order chi connectivity index (χ1) is 22.2. The molecule has 0 saturated carbocycles. The van der Waals surface area contributed by atoms with Crippen molar-refractivity contribution < 1.29 is 22.3 Å². The van der Waals surface area contributed by atoms with Crippen LogP contribution in [0.5, 0.6) is 11.5 Å². The molecule has 0 spiro atoms. The summed E-state index contributed by atoms with van der Waals surface area (Å²) in [4.78, 5) is 1.90. The second-order valence-corrected chi connectivity index (χ2v) is 16.5. The van der Waals surface area contributed by atoms with Gasteiger partial charge in [-0.1, -0.05) is 60.3 Å². The molecule has 1 aliphatic heterocycles. The monoisotopic (exact) mass is 668 g/mol. The van der Waals surface area contributed by atoms with Crippen LogP contribution in [-0.4, -0.2) is 0 Å². The van der Waals surface area contributed by atoms with Gasteiger partial charge in [-0.05, 0) is 135 Å². The van der Waals surface area contributed by atoms with E-state index >= 15 is 0 Å². The number of hydrogen-bond acceptors (Lipinski definition) is 2. The van der Waals surface area contributed by atoms with Gasteiger partial charge in [-0.2, -0.15) is 0 Å². The van der Waals surface area contributed by atoms with Crippen molar-refractivity contribution in [2.75, 3.05) is 0 Å². The Balaban J connectivity index is 1.43. The summed E-state index contributed by atoms with van der Waals surface area (Å²) in [6.45, 7) is 4.07. The van der Waals surface area contributed by atoms with Crippen molar-refractivity contribution in [2.45, 2.75) is 23.6 Å². The van der Waals surface area contributed by atoms with Crippen LogP contribution in [0.25, 0.3) is 0 Å². The number of aryl methyl sites for hydroxylation is 2. The van der Waals surface area contributed by atoms with Gasteiger partial charge in [0.1, 0.15) is 34.8 Å². The normalized spacial score (nSPS) is 12.2. The molecule has 0 radical (unpaired) electrons. The molecule has 0 N–H and O–H groups in total. The Morgan fingerprint density at radius 1 is 0.435 bits per heavy atom. The number of fused-ring (bicyclic) bond motifs is 2. The van der Waals surface area contributed by atoms with Gasteiger partial charge < -0.3 is 4.74 Å². The molecule has 0 atom stereocenters. The Morgan fingerprint density at radius 3 is 1.00 bits per heavy atom. The lowest BCUT2D eigenvalue weighted by Crippen LogP contribution is -2.26. The molecule has 0 bridgehead atoms. The van der Waals surface area contributed by atoms with Gasteiger partial charge in [-0.3, -0.25) is 0 Å². The molecule has 6 aromatic rings. The minimum Gasteiger partial charge on any atom is -0.454 e. The Kier molecular flexibility index (Phi) is 8.46. The lowest BCUT2D eigenvalue weighted by atomic mass is 10.2. The fourth-order valence-electron chi connectivity index (χ4n) is 5.57. The summed E-state index contributed by atoms with van der Waals surface area (Å²) in [6, 6.07) is 34.2. The highest BCUT2D eigenvalue weighted by Gasteiger charge is 2.32. The summed E-state index contributed by atoms with van der Waals surface area (Å²) < 4.78 is 63.3. The predicted octanol–water partition coefficient (Wildman–Crippen LogP) is 8.63. The average molecular weight is 669 g/mol. The molecule has 1 aliphatic rings. The van der Waals surface area contributed by atoms with E-state index in [0.29, 0.717) is 11.5 Å². The molecule has 0 fully saturated rings. The Labute approximate surface area is 271 Å². The largest absolute Gasteiger partial charge is 0.454 e. The van der Waals surface area contributed by atoms with Gasteiger partial charge in [-0.25, -0.2) is 17.6 Å². The van der Waals surface area contributed by atoms with Crippen LogP contribution >= 0.6 is 27.6 Å². The van der Waals surface area contributed by atoms with Crippen molar-refractivity contribution in [3.05, 3.63) is 156 Å². The van der Waals surface area contributed by atoms with Gasteiger partial charge in [0.2, 0.25) is 0 Å². The van der Waals surface area contributed by atoms with E-state index in [0.717, 1.165) is 52.7 Å². The lowest BCUT2D eigenvalue weighted by molar-refractivity contribution is 0.462. The third-order valence-corrected chi connectivity index (χ3v) is 13.5. The van der Waals surface area contributed by atoms with E-state index < -0.39 is 15.8 Å². The van der Waals surface area contributed by atoms with Crippen molar-refractivity contribution in [1.82, 2.24) is 0 Å².